The van der Waals surface area contributed by atoms with Crippen molar-refractivity contribution in [1.82, 2.24) is 5.43 Å². The van der Waals surface area contributed by atoms with Gasteiger partial charge in [0, 0.05) is 0 Å². The molecule has 6 heteroatoms. The number of nitrogens with zero attached hydrogens (tertiary/aromatic N) is 2. The van der Waals surface area contributed by atoms with Crippen molar-refractivity contribution in [2.75, 3.05) is 5.73 Å². The van der Waals surface area contributed by atoms with Gasteiger partial charge in [-0.25, -0.2) is 5.43 Å². The molecule has 0 aliphatic carbocycles. The fourth-order valence-electron chi connectivity index (χ4n) is 1.65. The predicted octanol–water partition coefficient (Wildman–Crippen LogP) is 2.27. The highest BCUT2D eigenvalue weighted by molar-refractivity contribution is 7.18. The molecule has 1 aromatic carbocycles. The highest BCUT2D eigenvalue weighted by Gasteiger charge is 2.17. The average molecular weight is 284 g/mol. The molecule has 0 saturated carbocycles. The molecule has 20 heavy (non-hydrogen) atoms. The SMILES string of the molecule is Cc1c(C(=O)NN=Cc2ccccc2)sc(N)c1C#N. The lowest BCUT2D eigenvalue weighted by Crippen LogP contribution is -2.17. The molecule has 0 radical (unpaired) electrons. The molecule has 0 fully saturated rings. The van der Waals surface area contributed by atoms with Gasteiger partial charge in [-0.05, 0) is 18.1 Å². The van der Waals surface area contributed by atoms with Gasteiger partial charge in [-0.1, -0.05) is 30.3 Å². The highest BCUT2D eigenvalue weighted by Crippen LogP contribution is 2.29. The Balaban J connectivity index is 2.10. The molecule has 0 aliphatic heterocycles. The minimum atomic E-state index is -0.368. The van der Waals surface area contributed by atoms with Crippen molar-refractivity contribution in [1.29, 1.82) is 5.26 Å². The predicted molar refractivity (Wildman–Crippen MR) is 79.7 cm³/mol. The second-order valence-electron chi connectivity index (χ2n) is 4.02. The zero-order valence-corrected chi connectivity index (χ0v) is 11.6. The van der Waals surface area contributed by atoms with Crippen LogP contribution in [0.1, 0.15) is 26.4 Å². The molecule has 1 amide bonds. The van der Waals surface area contributed by atoms with Crippen LogP contribution in [0, 0.1) is 18.3 Å². The Labute approximate surface area is 120 Å². The third kappa shape index (κ3) is 2.84. The molecule has 0 saturated heterocycles. The van der Waals surface area contributed by atoms with E-state index in [4.69, 9.17) is 11.0 Å². The lowest BCUT2D eigenvalue weighted by atomic mass is 10.2. The second kappa shape index (κ2) is 5.99. The van der Waals surface area contributed by atoms with Gasteiger partial charge in [0.1, 0.15) is 15.9 Å². The smallest absolute Gasteiger partial charge is 0.281 e. The minimum Gasteiger partial charge on any atom is -0.389 e. The minimum absolute atomic E-state index is 0.349. The molecule has 2 aromatic rings. The van der Waals surface area contributed by atoms with E-state index in [9.17, 15) is 4.79 Å². The van der Waals surface area contributed by atoms with Crippen molar-refractivity contribution in [2.24, 2.45) is 5.10 Å². The first-order valence-corrected chi connectivity index (χ1v) is 6.62. The number of nitriles is 1. The van der Waals surface area contributed by atoms with Gasteiger partial charge in [0.05, 0.1) is 11.8 Å². The largest absolute Gasteiger partial charge is 0.389 e. The van der Waals surface area contributed by atoms with E-state index in [0.29, 0.717) is 21.0 Å². The summed E-state index contributed by atoms with van der Waals surface area (Å²) in [5.74, 6) is -0.368. The van der Waals surface area contributed by atoms with Crippen LogP contribution in [0.25, 0.3) is 0 Å². The van der Waals surface area contributed by atoms with Gasteiger partial charge in [0.25, 0.3) is 5.91 Å². The van der Waals surface area contributed by atoms with E-state index in [0.717, 1.165) is 16.9 Å². The van der Waals surface area contributed by atoms with E-state index in [1.807, 2.05) is 36.4 Å². The van der Waals surface area contributed by atoms with Crippen LogP contribution in [-0.2, 0) is 0 Å². The van der Waals surface area contributed by atoms with E-state index in [2.05, 4.69) is 10.5 Å². The fraction of sp³-hybridized carbons (Fsp3) is 0.0714. The molecule has 3 N–H and O–H groups in total. The van der Waals surface area contributed by atoms with Gasteiger partial charge >= 0.3 is 0 Å². The van der Waals surface area contributed by atoms with Crippen LogP contribution in [0.2, 0.25) is 0 Å². The Morgan fingerprint density at radius 1 is 1.45 bits per heavy atom. The summed E-state index contributed by atoms with van der Waals surface area (Å²) in [5.41, 5.74) is 9.94. The summed E-state index contributed by atoms with van der Waals surface area (Å²) >= 11 is 1.09. The molecular formula is C14H12N4OS. The molecular weight excluding hydrogens is 272 g/mol. The third-order valence-electron chi connectivity index (χ3n) is 2.67. The normalized spacial score (nSPS) is 10.4. The van der Waals surface area contributed by atoms with Crippen LogP contribution >= 0.6 is 11.3 Å². The van der Waals surface area contributed by atoms with E-state index >= 15 is 0 Å². The molecule has 1 aromatic heterocycles. The Hall–Kier alpha value is -2.65. The van der Waals surface area contributed by atoms with Crippen molar-refractivity contribution < 1.29 is 4.79 Å². The Bertz CT molecular complexity index is 698. The topological polar surface area (TPSA) is 91.3 Å². The molecule has 0 spiro atoms. The molecule has 0 aliphatic rings. The first-order chi connectivity index (χ1) is 9.63. The first kappa shape index (κ1) is 13.8. The van der Waals surface area contributed by atoms with Gasteiger partial charge in [0.15, 0.2) is 0 Å². The number of hydrazone groups is 1. The van der Waals surface area contributed by atoms with Gasteiger partial charge < -0.3 is 5.73 Å². The first-order valence-electron chi connectivity index (χ1n) is 5.81. The number of amides is 1. The molecule has 0 unspecified atom stereocenters. The fourth-order valence-corrected chi connectivity index (χ4v) is 2.56. The molecule has 1 heterocycles. The summed E-state index contributed by atoms with van der Waals surface area (Å²) in [6, 6.07) is 11.4. The highest BCUT2D eigenvalue weighted by atomic mass is 32.1. The van der Waals surface area contributed by atoms with Gasteiger partial charge in [0.2, 0.25) is 0 Å². The summed E-state index contributed by atoms with van der Waals surface area (Å²) in [6.45, 7) is 1.70. The number of nitrogen functional groups attached to an aromatic ring is 1. The van der Waals surface area contributed by atoms with Crippen molar-refractivity contribution >= 4 is 28.5 Å². The summed E-state index contributed by atoms with van der Waals surface area (Å²) in [7, 11) is 0. The number of benzene rings is 1. The number of carbonyl (C=O) groups excluding carboxylic acids is 1. The molecule has 0 atom stereocenters. The second-order valence-corrected chi connectivity index (χ2v) is 5.07. The summed E-state index contributed by atoms with van der Waals surface area (Å²) in [5, 5.41) is 13.2. The van der Waals surface area contributed by atoms with Crippen molar-refractivity contribution in [3.63, 3.8) is 0 Å². The number of hydrogen-bond acceptors (Lipinski definition) is 5. The number of anilines is 1. The Kier molecular flexibility index (Phi) is 4.13. The van der Waals surface area contributed by atoms with Crippen LogP contribution < -0.4 is 11.2 Å². The number of thiophene rings is 1. The zero-order valence-electron chi connectivity index (χ0n) is 10.8. The van der Waals surface area contributed by atoms with Crippen LogP contribution in [-0.4, -0.2) is 12.1 Å². The van der Waals surface area contributed by atoms with Crippen LogP contribution in [0.15, 0.2) is 35.4 Å². The van der Waals surface area contributed by atoms with Crippen molar-refractivity contribution in [3.8, 4) is 6.07 Å². The molecule has 5 nitrogen and oxygen atoms in total. The van der Waals surface area contributed by atoms with Crippen LogP contribution in [0.4, 0.5) is 5.00 Å². The average Bonchev–Trinajstić information content (AvgIpc) is 2.74. The number of nitrogens with one attached hydrogen (secondary N) is 1. The van der Waals surface area contributed by atoms with E-state index in [-0.39, 0.29) is 5.91 Å². The number of rotatable bonds is 3. The summed E-state index contributed by atoms with van der Waals surface area (Å²) < 4.78 is 0. The summed E-state index contributed by atoms with van der Waals surface area (Å²) in [6.07, 6.45) is 1.55. The van der Waals surface area contributed by atoms with E-state index < -0.39 is 0 Å². The third-order valence-corrected chi connectivity index (χ3v) is 3.79. The lowest BCUT2D eigenvalue weighted by molar-refractivity contribution is 0.0958. The Morgan fingerprint density at radius 3 is 2.75 bits per heavy atom. The maximum absolute atomic E-state index is 12.0. The van der Waals surface area contributed by atoms with E-state index in [1.54, 1.807) is 13.1 Å². The quantitative estimate of drug-likeness (QED) is 0.669. The number of hydrogen-bond donors (Lipinski definition) is 2. The zero-order chi connectivity index (χ0) is 14.5. The molecule has 0 bridgehead atoms. The van der Waals surface area contributed by atoms with Gasteiger partial charge in [-0.3, -0.25) is 4.79 Å². The van der Waals surface area contributed by atoms with Crippen molar-refractivity contribution in [3.05, 3.63) is 51.9 Å². The number of carbonyl (C=O) groups is 1. The van der Waals surface area contributed by atoms with Gasteiger partial charge in [-0.2, -0.15) is 10.4 Å². The monoisotopic (exact) mass is 284 g/mol. The molecule has 100 valence electrons. The standard InChI is InChI=1S/C14H12N4OS/c1-9-11(7-15)13(16)20-12(9)14(19)18-17-8-10-5-3-2-4-6-10/h2-6,8H,16H2,1H3,(H,18,19). The van der Waals surface area contributed by atoms with Crippen LogP contribution in [0.5, 0.6) is 0 Å². The van der Waals surface area contributed by atoms with Gasteiger partial charge in [-0.15, -0.1) is 11.3 Å². The maximum Gasteiger partial charge on any atom is 0.281 e. The summed E-state index contributed by atoms with van der Waals surface area (Å²) in [4.78, 5) is 12.4. The van der Waals surface area contributed by atoms with Crippen molar-refractivity contribution in [2.45, 2.75) is 6.92 Å². The Morgan fingerprint density at radius 2 is 2.15 bits per heavy atom. The van der Waals surface area contributed by atoms with E-state index in [1.165, 1.54) is 0 Å². The number of nitrogens with two attached hydrogens (primary N) is 1. The lowest BCUT2D eigenvalue weighted by Gasteiger charge is -1.98. The molecule has 2 rings (SSSR count). The maximum atomic E-state index is 12.0. The van der Waals surface area contributed by atoms with Crippen LogP contribution in [0.3, 0.4) is 0 Å².